The first-order valence-electron chi connectivity index (χ1n) is 10.6. The molecule has 3 rings (SSSR count). The molecule has 0 saturated carbocycles. The largest absolute Gasteiger partial charge is 0.490 e. The third kappa shape index (κ3) is 6.95. The number of nitrogens with one attached hydrogen (secondary N) is 1. The highest BCUT2D eigenvalue weighted by Crippen LogP contribution is 2.30. The van der Waals surface area contributed by atoms with Crippen molar-refractivity contribution in [2.24, 2.45) is 0 Å². The van der Waals surface area contributed by atoms with E-state index in [1.165, 1.54) is 30.5 Å². The van der Waals surface area contributed by atoms with Gasteiger partial charge in [-0.15, -0.1) is 0 Å². The van der Waals surface area contributed by atoms with Gasteiger partial charge in [-0.1, -0.05) is 36.4 Å². The zero-order valence-corrected chi connectivity index (χ0v) is 18.9. The molecule has 0 saturated heterocycles. The van der Waals surface area contributed by atoms with Crippen molar-refractivity contribution in [1.82, 2.24) is 5.32 Å². The Morgan fingerprint density at radius 1 is 0.943 bits per heavy atom. The van der Waals surface area contributed by atoms with Crippen molar-refractivity contribution in [3.63, 3.8) is 0 Å². The number of carbonyl (C=O) groups excluding carboxylic acids is 2. The normalized spacial score (nSPS) is 11.2. The van der Waals surface area contributed by atoms with Crippen molar-refractivity contribution in [2.75, 3.05) is 6.61 Å². The summed E-state index contributed by atoms with van der Waals surface area (Å²) in [7, 11) is 0. The highest BCUT2D eigenvalue weighted by molar-refractivity contribution is 6.02. The van der Waals surface area contributed by atoms with Gasteiger partial charge in [-0.05, 0) is 54.5 Å². The van der Waals surface area contributed by atoms with Gasteiger partial charge in [0.05, 0.1) is 19.4 Å². The molecule has 1 amide bonds. The summed E-state index contributed by atoms with van der Waals surface area (Å²) in [5.74, 6) is -0.528. The Morgan fingerprint density at radius 2 is 1.69 bits per heavy atom. The standard InChI is InChI=1S/C27H21N3O5/c1-2-33-25-15-20(14-21(16-28)26(31)30-18-23-9-6-12-34-23)10-11-24(25)35-27(32)22(17-29)13-19-7-4-3-5-8-19/h3-15H,2,18H2,1H3,(H,30,31). The van der Waals surface area contributed by atoms with Crippen LogP contribution in [0, 0.1) is 22.7 Å². The number of esters is 1. The second-order valence-electron chi connectivity index (χ2n) is 7.04. The summed E-state index contributed by atoms with van der Waals surface area (Å²) in [5, 5.41) is 21.4. The van der Waals surface area contributed by atoms with Crippen molar-refractivity contribution in [1.29, 1.82) is 10.5 Å². The number of benzene rings is 2. The molecule has 35 heavy (non-hydrogen) atoms. The fourth-order valence-electron chi connectivity index (χ4n) is 2.97. The number of amides is 1. The molecule has 8 heteroatoms. The van der Waals surface area contributed by atoms with E-state index in [2.05, 4.69) is 5.32 Å². The van der Waals surface area contributed by atoms with Crippen LogP contribution in [0.15, 0.2) is 82.5 Å². The Morgan fingerprint density at radius 3 is 2.34 bits per heavy atom. The molecule has 3 aromatic rings. The van der Waals surface area contributed by atoms with Crippen LogP contribution in [0.25, 0.3) is 12.2 Å². The highest BCUT2D eigenvalue weighted by atomic mass is 16.6. The molecule has 8 nitrogen and oxygen atoms in total. The van der Waals surface area contributed by atoms with Gasteiger partial charge in [0, 0.05) is 0 Å². The van der Waals surface area contributed by atoms with Crippen LogP contribution in [0.5, 0.6) is 11.5 Å². The number of nitriles is 2. The average Bonchev–Trinajstić information content (AvgIpc) is 3.40. The van der Waals surface area contributed by atoms with Crippen LogP contribution in [0.1, 0.15) is 23.8 Å². The van der Waals surface area contributed by atoms with Crippen LogP contribution >= 0.6 is 0 Å². The number of rotatable bonds is 9. The molecule has 0 fully saturated rings. The van der Waals surface area contributed by atoms with E-state index in [1.807, 2.05) is 18.2 Å². The van der Waals surface area contributed by atoms with Gasteiger partial charge in [0.25, 0.3) is 5.91 Å². The molecule has 1 aromatic heterocycles. The predicted molar refractivity (Wildman–Crippen MR) is 127 cm³/mol. The van der Waals surface area contributed by atoms with Gasteiger partial charge in [0.15, 0.2) is 11.5 Å². The van der Waals surface area contributed by atoms with Crippen LogP contribution in [0.2, 0.25) is 0 Å². The lowest BCUT2D eigenvalue weighted by Gasteiger charge is -2.11. The second-order valence-corrected chi connectivity index (χ2v) is 7.04. The summed E-state index contributed by atoms with van der Waals surface area (Å²) < 4.78 is 16.1. The van der Waals surface area contributed by atoms with Crippen LogP contribution in [0.4, 0.5) is 0 Å². The van der Waals surface area contributed by atoms with Gasteiger partial charge in [0.1, 0.15) is 29.0 Å². The Kier molecular flexibility index (Phi) is 8.59. The fourth-order valence-corrected chi connectivity index (χ4v) is 2.97. The summed E-state index contributed by atoms with van der Waals surface area (Å²) >= 11 is 0. The van der Waals surface area contributed by atoms with E-state index >= 15 is 0 Å². The van der Waals surface area contributed by atoms with E-state index in [0.29, 0.717) is 16.9 Å². The maximum absolute atomic E-state index is 12.6. The number of carbonyl (C=O) groups is 2. The smallest absolute Gasteiger partial charge is 0.354 e. The number of ether oxygens (including phenoxy) is 2. The maximum Gasteiger partial charge on any atom is 0.354 e. The van der Waals surface area contributed by atoms with Crippen molar-refractivity contribution in [3.05, 3.63) is 95.0 Å². The van der Waals surface area contributed by atoms with Crippen molar-refractivity contribution >= 4 is 24.0 Å². The Labute approximate surface area is 202 Å². The first-order chi connectivity index (χ1) is 17.0. The molecule has 0 atom stereocenters. The fraction of sp³-hybridized carbons (Fsp3) is 0.111. The molecule has 0 aliphatic carbocycles. The lowest BCUT2D eigenvalue weighted by Crippen LogP contribution is -2.23. The van der Waals surface area contributed by atoms with Crippen molar-refractivity contribution < 1.29 is 23.5 Å². The van der Waals surface area contributed by atoms with Gasteiger partial charge >= 0.3 is 5.97 Å². The van der Waals surface area contributed by atoms with E-state index in [0.717, 1.165) is 0 Å². The van der Waals surface area contributed by atoms with E-state index in [9.17, 15) is 20.1 Å². The minimum atomic E-state index is -0.837. The quantitative estimate of drug-likeness (QED) is 0.214. The topological polar surface area (TPSA) is 125 Å². The summed E-state index contributed by atoms with van der Waals surface area (Å²) in [5.41, 5.74) is 0.864. The SMILES string of the molecule is CCOc1cc(C=C(C#N)C(=O)NCc2ccco2)ccc1OC(=O)C(C#N)=Cc1ccccc1. The third-order valence-electron chi connectivity index (χ3n) is 4.60. The molecule has 0 aliphatic heterocycles. The number of furan rings is 1. The van der Waals surface area contributed by atoms with E-state index in [4.69, 9.17) is 13.9 Å². The molecule has 174 valence electrons. The Bertz CT molecular complexity index is 1330. The number of nitrogens with zero attached hydrogens (tertiary/aromatic N) is 2. The van der Waals surface area contributed by atoms with E-state index in [1.54, 1.807) is 49.4 Å². The molecule has 0 radical (unpaired) electrons. The number of hydrogen-bond acceptors (Lipinski definition) is 7. The Hall–Kier alpha value is -5.08. The molecule has 2 aromatic carbocycles. The van der Waals surface area contributed by atoms with Gasteiger partial charge in [-0.2, -0.15) is 10.5 Å². The summed E-state index contributed by atoms with van der Waals surface area (Å²) in [6.07, 6.45) is 4.31. The van der Waals surface area contributed by atoms with Gasteiger partial charge < -0.3 is 19.2 Å². The monoisotopic (exact) mass is 467 g/mol. The Balaban J connectivity index is 1.79. The molecule has 0 bridgehead atoms. The average molecular weight is 467 g/mol. The second kappa shape index (κ2) is 12.2. The molecule has 1 heterocycles. The number of hydrogen-bond donors (Lipinski definition) is 1. The van der Waals surface area contributed by atoms with Gasteiger partial charge in [-0.3, -0.25) is 4.79 Å². The molecular weight excluding hydrogens is 446 g/mol. The van der Waals surface area contributed by atoms with Crippen LogP contribution in [-0.2, 0) is 16.1 Å². The minimum absolute atomic E-state index is 0.101. The lowest BCUT2D eigenvalue weighted by atomic mass is 10.1. The molecule has 0 spiro atoms. The van der Waals surface area contributed by atoms with Gasteiger partial charge in [-0.25, -0.2) is 4.79 Å². The minimum Gasteiger partial charge on any atom is -0.490 e. The van der Waals surface area contributed by atoms with Crippen LogP contribution in [0.3, 0.4) is 0 Å². The molecule has 1 N–H and O–H groups in total. The van der Waals surface area contributed by atoms with Crippen molar-refractivity contribution in [2.45, 2.75) is 13.5 Å². The first kappa shape index (κ1) is 24.6. The summed E-state index contributed by atoms with van der Waals surface area (Å²) in [4.78, 5) is 25.0. The predicted octanol–water partition coefficient (Wildman–Crippen LogP) is 4.41. The van der Waals surface area contributed by atoms with Crippen LogP contribution < -0.4 is 14.8 Å². The highest BCUT2D eigenvalue weighted by Gasteiger charge is 2.16. The van der Waals surface area contributed by atoms with E-state index in [-0.39, 0.29) is 35.8 Å². The van der Waals surface area contributed by atoms with E-state index < -0.39 is 11.9 Å². The molecular formula is C27H21N3O5. The maximum atomic E-state index is 12.6. The van der Waals surface area contributed by atoms with Crippen LogP contribution in [-0.4, -0.2) is 18.5 Å². The van der Waals surface area contributed by atoms with Crippen molar-refractivity contribution in [3.8, 4) is 23.6 Å². The lowest BCUT2D eigenvalue weighted by molar-refractivity contribution is -0.129. The summed E-state index contributed by atoms with van der Waals surface area (Å²) in [6, 6.07) is 20.6. The van der Waals surface area contributed by atoms with Gasteiger partial charge in [0.2, 0.25) is 0 Å². The molecule has 0 unspecified atom stereocenters. The first-order valence-corrected chi connectivity index (χ1v) is 10.6. The zero-order chi connectivity index (χ0) is 25.0. The third-order valence-corrected chi connectivity index (χ3v) is 4.60. The zero-order valence-electron chi connectivity index (χ0n) is 18.9. The summed E-state index contributed by atoms with van der Waals surface area (Å²) in [6.45, 7) is 2.17. The molecule has 0 aliphatic rings.